The molecule has 0 saturated heterocycles. The molecule has 4 N–H and O–H groups in total. The molecule has 0 saturated carbocycles. The number of nitrogens with two attached hydrogens (primary N) is 1. The predicted molar refractivity (Wildman–Crippen MR) is 110 cm³/mol. The highest BCUT2D eigenvalue weighted by atomic mass is 19.1. The van der Waals surface area contributed by atoms with Gasteiger partial charge in [0.2, 0.25) is 5.91 Å². The number of amides is 1. The van der Waals surface area contributed by atoms with Gasteiger partial charge in [-0.2, -0.15) is 5.10 Å². The Bertz CT molecular complexity index is 1120. The summed E-state index contributed by atoms with van der Waals surface area (Å²) in [6, 6.07) is 16.9. The SMILES string of the molecule is Nc1ccc(CC(=O)Nc2n[nH]c(-c3ccc(F)cc3)c2-c2ccncc2)cc1. The molecule has 0 atom stereocenters. The average Bonchev–Trinajstić information content (AvgIpc) is 3.14. The Balaban J connectivity index is 1.67. The van der Waals surface area contributed by atoms with Crippen molar-refractivity contribution in [2.75, 3.05) is 11.1 Å². The van der Waals surface area contributed by atoms with E-state index < -0.39 is 0 Å². The Kier molecular flexibility index (Phi) is 5.03. The first-order chi connectivity index (χ1) is 14.1. The van der Waals surface area contributed by atoms with Gasteiger partial charge < -0.3 is 11.1 Å². The van der Waals surface area contributed by atoms with Crippen molar-refractivity contribution in [3.8, 4) is 22.4 Å². The van der Waals surface area contributed by atoms with Crippen LogP contribution in [0.5, 0.6) is 0 Å². The number of halogens is 1. The molecule has 0 aliphatic heterocycles. The second-order valence-corrected chi connectivity index (χ2v) is 6.53. The normalized spacial score (nSPS) is 10.7. The van der Waals surface area contributed by atoms with Crippen LogP contribution in [0.2, 0.25) is 0 Å². The third-order valence-corrected chi connectivity index (χ3v) is 4.47. The number of H-pyrrole nitrogens is 1. The summed E-state index contributed by atoms with van der Waals surface area (Å²) in [7, 11) is 0. The van der Waals surface area contributed by atoms with Gasteiger partial charge in [-0.05, 0) is 59.7 Å². The van der Waals surface area contributed by atoms with Gasteiger partial charge in [0.25, 0.3) is 0 Å². The van der Waals surface area contributed by atoms with Crippen molar-refractivity contribution in [3.05, 3.63) is 84.4 Å². The fourth-order valence-corrected chi connectivity index (χ4v) is 3.05. The summed E-state index contributed by atoms with van der Waals surface area (Å²) in [4.78, 5) is 16.6. The smallest absolute Gasteiger partial charge is 0.230 e. The molecule has 0 fully saturated rings. The Labute approximate surface area is 166 Å². The number of carbonyl (C=O) groups excluding carboxylic acids is 1. The number of nitrogen functional groups attached to an aromatic ring is 1. The molecule has 144 valence electrons. The monoisotopic (exact) mass is 387 g/mol. The summed E-state index contributed by atoms with van der Waals surface area (Å²) in [5, 5.41) is 10.1. The molecule has 0 aliphatic carbocycles. The summed E-state index contributed by atoms with van der Waals surface area (Å²) < 4.78 is 13.3. The first kappa shape index (κ1) is 18.4. The molecule has 0 radical (unpaired) electrons. The molecule has 2 aromatic carbocycles. The number of aromatic nitrogens is 3. The minimum Gasteiger partial charge on any atom is -0.399 e. The van der Waals surface area contributed by atoms with E-state index >= 15 is 0 Å². The number of carbonyl (C=O) groups is 1. The molecule has 0 unspecified atom stereocenters. The van der Waals surface area contributed by atoms with Gasteiger partial charge in [0.15, 0.2) is 5.82 Å². The zero-order valence-corrected chi connectivity index (χ0v) is 15.4. The third kappa shape index (κ3) is 4.14. The lowest BCUT2D eigenvalue weighted by Gasteiger charge is -2.08. The number of rotatable bonds is 5. The zero-order valence-electron chi connectivity index (χ0n) is 15.4. The number of nitrogens with zero attached hydrogens (tertiary/aromatic N) is 2. The molecular formula is C22H18FN5O. The van der Waals surface area contributed by atoms with Gasteiger partial charge in [-0.1, -0.05) is 12.1 Å². The molecule has 2 heterocycles. The topological polar surface area (TPSA) is 96.7 Å². The van der Waals surface area contributed by atoms with Gasteiger partial charge >= 0.3 is 0 Å². The van der Waals surface area contributed by atoms with Gasteiger partial charge in [-0.25, -0.2) is 4.39 Å². The third-order valence-electron chi connectivity index (χ3n) is 4.47. The number of aromatic amines is 1. The Morgan fingerprint density at radius 2 is 1.66 bits per heavy atom. The number of hydrogen-bond acceptors (Lipinski definition) is 4. The zero-order chi connectivity index (χ0) is 20.2. The molecule has 4 aromatic rings. The highest BCUT2D eigenvalue weighted by Gasteiger charge is 2.18. The summed E-state index contributed by atoms with van der Waals surface area (Å²) in [5.41, 5.74) is 10.2. The van der Waals surface area contributed by atoms with E-state index in [1.54, 1.807) is 36.7 Å². The van der Waals surface area contributed by atoms with Crippen LogP contribution in [0, 0.1) is 5.82 Å². The van der Waals surface area contributed by atoms with Crippen molar-refractivity contribution >= 4 is 17.4 Å². The van der Waals surface area contributed by atoms with Gasteiger partial charge in [-0.3, -0.25) is 14.9 Å². The lowest BCUT2D eigenvalue weighted by Crippen LogP contribution is -2.15. The van der Waals surface area contributed by atoms with Crippen LogP contribution in [0.4, 0.5) is 15.9 Å². The molecule has 1 amide bonds. The van der Waals surface area contributed by atoms with Gasteiger partial charge in [-0.15, -0.1) is 0 Å². The highest BCUT2D eigenvalue weighted by molar-refractivity contribution is 5.98. The van der Waals surface area contributed by atoms with Crippen molar-refractivity contribution < 1.29 is 9.18 Å². The van der Waals surface area contributed by atoms with Crippen LogP contribution in [0.25, 0.3) is 22.4 Å². The lowest BCUT2D eigenvalue weighted by atomic mass is 10.0. The van der Waals surface area contributed by atoms with E-state index in [0.717, 1.165) is 16.7 Å². The van der Waals surface area contributed by atoms with Crippen molar-refractivity contribution in [2.45, 2.75) is 6.42 Å². The summed E-state index contributed by atoms with van der Waals surface area (Å²) in [5.74, 6) is -0.131. The molecule has 2 aromatic heterocycles. The minimum absolute atomic E-state index is 0.189. The maximum Gasteiger partial charge on any atom is 0.230 e. The molecule has 6 nitrogen and oxygen atoms in total. The van der Waals surface area contributed by atoms with Gasteiger partial charge in [0.1, 0.15) is 5.82 Å². The van der Waals surface area contributed by atoms with E-state index in [1.165, 1.54) is 12.1 Å². The maximum absolute atomic E-state index is 13.3. The van der Waals surface area contributed by atoms with E-state index in [9.17, 15) is 9.18 Å². The van der Waals surface area contributed by atoms with Crippen molar-refractivity contribution in [1.29, 1.82) is 0 Å². The first-order valence-corrected chi connectivity index (χ1v) is 8.99. The van der Waals surface area contributed by atoms with Crippen LogP contribution < -0.4 is 11.1 Å². The number of anilines is 2. The summed E-state index contributed by atoms with van der Waals surface area (Å²) >= 11 is 0. The van der Waals surface area contributed by atoms with E-state index in [0.29, 0.717) is 22.8 Å². The molecule has 29 heavy (non-hydrogen) atoms. The van der Waals surface area contributed by atoms with Crippen molar-refractivity contribution in [1.82, 2.24) is 15.2 Å². The lowest BCUT2D eigenvalue weighted by molar-refractivity contribution is -0.115. The van der Waals surface area contributed by atoms with Crippen LogP contribution in [0.1, 0.15) is 5.56 Å². The second kappa shape index (κ2) is 7.93. The van der Waals surface area contributed by atoms with Crippen LogP contribution >= 0.6 is 0 Å². The minimum atomic E-state index is -0.323. The Hall–Kier alpha value is -4.00. The maximum atomic E-state index is 13.3. The molecule has 0 bridgehead atoms. The van der Waals surface area contributed by atoms with E-state index in [2.05, 4.69) is 20.5 Å². The predicted octanol–water partition coefficient (Wildman–Crippen LogP) is 4.04. The average molecular weight is 387 g/mol. The summed E-state index contributed by atoms with van der Waals surface area (Å²) in [6.45, 7) is 0. The quantitative estimate of drug-likeness (QED) is 0.450. The Morgan fingerprint density at radius 3 is 2.34 bits per heavy atom. The highest BCUT2D eigenvalue weighted by Crippen LogP contribution is 2.36. The molecule has 0 aliphatic rings. The van der Waals surface area contributed by atoms with Gasteiger partial charge in [0, 0.05) is 23.6 Å². The van der Waals surface area contributed by atoms with Gasteiger partial charge in [0.05, 0.1) is 17.7 Å². The summed E-state index contributed by atoms with van der Waals surface area (Å²) in [6.07, 6.45) is 3.52. The van der Waals surface area contributed by atoms with Crippen molar-refractivity contribution in [3.63, 3.8) is 0 Å². The van der Waals surface area contributed by atoms with Crippen LogP contribution in [-0.2, 0) is 11.2 Å². The molecule has 7 heteroatoms. The fraction of sp³-hybridized carbons (Fsp3) is 0.0455. The van der Waals surface area contributed by atoms with E-state index in [1.807, 2.05) is 24.3 Å². The van der Waals surface area contributed by atoms with Crippen LogP contribution in [0.3, 0.4) is 0 Å². The number of nitrogens with one attached hydrogen (secondary N) is 2. The number of benzene rings is 2. The molecule has 0 spiro atoms. The van der Waals surface area contributed by atoms with Crippen LogP contribution in [0.15, 0.2) is 73.1 Å². The second-order valence-electron chi connectivity index (χ2n) is 6.53. The molecule has 4 rings (SSSR count). The number of hydrogen-bond donors (Lipinski definition) is 3. The van der Waals surface area contributed by atoms with Crippen molar-refractivity contribution in [2.24, 2.45) is 0 Å². The largest absolute Gasteiger partial charge is 0.399 e. The molecular weight excluding hydrogens is 369 g/mol. The number of pyridine rings is 1. The first-order valence-electron chi connectivity index (χ1n) is 8.99. The fourth-order valence-electron chi connectivity index (χ4n) is 3.05. The van der Waals surface area contributed by atoms with E-state index in [4.69, 9.17) is 5.73 Å². The Morgan fingerprint density at radius 1 is 0.966 bits per heavy atom. The standard InChI is InChI=1S/C22H18FN5O/c23-17-5-3-16(4-6-17)21-20(15-9-11-25-12-10-15)22(28-27-21)26-19(29)13-14-1-7-18(24)8-2-14/h1-12H,13,24H2,(H2,26,27,28,29). The van der Waals surface area contributed by atoms with E-state index in [-0.39, 0.29) is 18.1 Å². The van der Waals surface area contributed by atoms with Crippen LogP contribution in [-0.4, -0.2) is 21.1 Å².